The third-order valence-corrected chi connectivity index (χ3v) is 5.42. The van der Waals surface area contributed by atoms with Crippen molar-refractivity contribution in [3.05, 3.63) is 29.3 Å². The third-order valence-electron chi connectivity index (χ3n) is 5.42. The number of carbonyl (C=O) groups excluding carboxylic acids is 2. The van der Waals surface area contributed by atoms with Crippen molar-refractivity contribution >= 4 is 17.5 Å². The molecular formula is C16H19N3O2. The van der Waals surface area contributed by atoms with Crippen LogP contribution in [-0.2, 0) is 0 Å². The van der Waals surface area contributed by atoms with Crippen LogP contribution in [0.15, 0.2) is 18.2 Å². The number of carbonyl (C=O) groups is 2. The molecule has 0 radical (unpaired) electrons. The predicted molar refractivity (Wildman–Crippen MR) is 78.9 cm³/mol. The van der Waals surface area contributed by atoms with Crippen LogP contribution in [0.25, 0.3) is 0 Å². The molecule has 110 valence electrons. The van der Waals surface area contributed by atoms with Gasteiger partial charge in [0.05, 0.1) is 11.1 Å². The van der Waals surface area contributed by atoms with Gasteiger partial charge in [0.25, 0.3) is 11.8 Å². The number of benzene rings is 1. The van der Waals surface area contributed by atoms with Crippen molar-refractivity contribution in [3.63, 3.8) is 0 Å². The average molecular weight is 285 g/mol. The molecule has 2 amide bonds. The van der Waals surface area contributed by atoms with Crippen molar-refractivity contribution in [2.45, 2.75) is 43.8 Å². The zero-order valence-electron chi connectivity index (χ0n) is 12.1. The van der Waals surface area contributed by atoms with Crippen molar-refractivity contribution in [1.29, 1.82) is 0 Å². The van der Waals surface area contributed by atoms with Crippen LogP contribution < -0.4 is 5.73 Å². The summed E-state index contributed by atoms with van der Waals surface area (Å²) < 4.78 is 0. The smallest absolute Gasteiger partial charge is 0.263 e. The monoisotopic (exact) mass is 285 g/mol. The van der Waals surface area contributed by atoms with Gasteiger partial charge in [0.1, 0.15) is 0 Å². The van der Waals surface area contributed by atoms with E-state index in [0.717, 1.165) is 12.8 Å². The van der Waals surface area contributed by atoms with Crippen molar-refractivity contribution in [2.75, 3.05) is 12.8 Å². The SMILES string of the molecule is CN1C2CCC1CC(N1C(=O)c3cccc(N)c3C1=O)C2. The summed E-state index contributed by atoms with van der Waals surface area (Å²) in [5.41, 5.74) is 7.17. The highest BCUT2D eigenvalue weighted by molar-refractivity contribution is 6.23. The molecule has 5 nitrogen and oxygen atoms in total. The molecule has 1 aromatic carbocycles. The number of anilines is 1. The van der Waals surface area contributed by atoms with E-state index < -0.39 is 0 Å². The van der Waals surface area contributed by atoms with Crippen LogP contribution in [0.3, 0.4) is 0 Å². The number of imide groups is 1. The molecule has 3 aliphatic rings. The summed E-state index contributed by atoms with van der Waals surface area (Å²) >= 11 is 0. The first kappa shape index (κ1) is 12.8. The van der Waals surface area contributed by atoms with Gasteiger partial charge in [0.2, 0.25) is 0 Å². The normalized spacial score (nSPS) is 31.9. The summed E-state index contributed by atoms with van der Waals surface area (Å²) in [6.45, 7) is 0. The van der Waals surface area contributed by atoms with Crippen molar-refractivity contribution in [1.82, 2.24) is 9.80 Å². The number of amides is 2. The molecule has 0 aromatic heterocycles. The third kappa shape index (κ3) is 1.67. The number of hydrogen-bond acceptors (Lipinski definition) is 4. The Morgan fingerprint density at radius 3 is 2.33 bits per heavy atom. The minimum atomic E-state index is -0.206. The van der Waals surface area contributed by atoms with E-state index in [1.54, 1.807) is 18.2 Å². The standard InChI is InChI=1S/C16H19N3O2/c1-18-9-5-6-10(18)8-11(7-9)19-15(20)12-3-2-4-13(17)14(12)16(19)21/h2-4,9-11H,5-8,17H2,1H3. The van der Waals surface area contributed by atoms with Crippen LogP contribution in [0.1, 0.15) is 46.4 Å². The van der Waals surface area contributed by atoms with Crippen LogP contribution in [-0.4, -0.2) is 46.8 Å². The molecule has 1 aromatic rings. The van der Waals surface area contributed by atoms with Crippen LogP contribution >= 0.6 is 0 Å². The Morgan fingerprint density at radius 2 is 1.71 bits per heavy atom. The second kappa shape index (κ2) is 4.31. The summed E-state index contributed by atoms with van der Waals surface area (Å²) in [5.74, 6) is -0.377. The predicted octanol–water partition coefficient (Wildman–Crippen LogP) is 1.49. The number of nitrogens with two attached hydrogens (primary N) is 1. The highest BCUT2D eigenvalue weighted by atomic mass is 16.2. The first-order valence-corrected chi connectivity index (χ1v) is 7.56. The molecule has 2 atom stereocenters. The quantitative estimate of drug-likeness (QED) is 0.627. The number of fused-ring (bicyclic) bond motifs is 3. The Hall–Kier alpha value is -1.88. The van der Waals surface area contributed by atoms with Gasteiger partial charge in [-0.3, -0.25) is 14.5 Å². The number of nitrogen functional groups attached to an aromatic ring is 1. The molecule has 2 bridgehead atoms. The fourth-order valence-corrected chi connectivity index (χ4v) is 4.25. The minimum absolute atomic E-state index is 0.0190. The molecule has 0 saturated carbocycles. The molecule has 2 fully saturated rings. The highest BCUT2D eigenvalue weighted by Crippen LogP contribution is 2.39. The zero-order chi connectivity index (χ0) is 14.7. The lowest BCUT2D eigenvalue weighted by Gasteiger charge is -2.39. The van der Waals surface area contributed by atoms with Crippen molar-refractivity contribution < 1.29 is 9.59 Å². The summed E-state index contributed by atoms with van der Waals surface area (Å²) in [6.07, 6.45) is 4.11. The fraction of sp³-hybridized carbons (Fsp3) is 0.500. The maximum Gasteiger partial charge on any atom is 0.263 e. The molecule has 2 saturated heterocycles. The van der Waals surface area contributed by atoms with Gasteiger partial charge in [-0.15, -0.1) is 0 Å². The molecule has 2 N–H and O–H groups in total. The summed E-state index contributed by atoms with van der Waals surface area (Å²) in [4.78, 5) is 29.1. The number of nitrogens with zero attached hydrogens (tertiary/aromatic N) is 2. The van der Waals surface area contributed by atoms with Gasteiger partial charge in [0, 0.05) is 23.8 Å². The summed E-state index contributed by atoms with van der Waals surface area (Å²) in [7, 11) is 2.15. The fourth-order valence-electron chi connectivity index (χ4n) is 4.25. The Bertz CT molecular complexity index is 628. The van der Waals surface area contributed by atoms with Gasteiger partial charge in [-0.2, -0.15) is 0 Å². The molecule has 3 heterocycles. The van der Waals surface area contributed by atoms with Gasteiger partial charge in [0.15, 0.2) is 0 Å². The highest BCUT2D eigenvalue weighted by Gasteiger charge is 2.47. The average Bonchev–Trinajstić information content (AvgIpc) is 2.82. The van der Waals surface area contributed by atoms with E-state index >= 15 is 0 Å². The first-order valence-electron chi connectivity index (χ1n) is 7.56. The summed E-state index contributed by atoms with van der Waals surface area (Å²) in [5, 5.41) is 0. The Labute approximate surface area is 123 Å². The lowest BCUT2D eigenvalue weighted by Crippen LogP contribution is -2.50. The van der Waals surface area contributed by atoms with Crippen LogP contribution in [0.5, 0.6) is 0 Å². The molecular weight excluding hydrogens is 266 g/mol. The molecule has 0 spiro atoms. The molecule has 3 aliphatic heterocycles. The minimum Gasteiger partial charge on any atom is -0.398 e. The maximum absolute atomic E-state index is 12.7. The van der Waals surface area contributed by atoms with Crippen LogP contribution in [0, 0.1) is 0 Å². The van der Waals surface area contributed by atoms with Crippen molar-refractivity contribution in [3.8, 4) is 0 Å². The Morgan fingerprint density at radius 1 is 1.05 bits per heavy atom. The van der Waals surface area contributed by atoms with E-state index in [9.17, 15) is 9.59 Å². The van der Waals surface area contributed by atoms with Gasteiger partial charge in [-0.25, -0.2) is 0 Å². The van der Waals surface area contributed by atoms with E-state index in [1.165, 1.54) is 17.7 Å². The largest absolute Gasteiger partial charge is 0.398 e. The van der Waals surface area contributed by atoms with Gasteiger partial charge < -0.3 is 10.6 Å². The Balaban J connectivity index is 1.68. The Kier molecular flexibility index (Phi) is 2.63. The first-order chi connectivity index (χ1) is 10.1. The van der Waals surface area contributed by atoms with Crippen LogP contribution in [0.4, 0.5) is 5.69 Å². The number of rotatable bonds is 1. The topological polar surface area (TPSA) is 66.6 Å². The van der Waals surface area contributed by atoms with Gasteiger partial charge in [-0.1, -0.05) is 6.07 Å². The second-order valence-electron chi connectivity index (χ2n) is 6.43. The van der Waals surface area contributed by atoms with E-state index in [4.69, 9.17) is 5.73 Å². The van der Waals surface area contributed by atoms with E-state index in [1.807, 2.05) is 0 Å². The maximum atomic E-state index is 12.7. The molecule has 5 heteroatoms. The van der Waals surface area contributed by atoms with E-state index in [2.05, 4.69) is 11.9 Å². The lowest BCUT2D eigenvalue weighted by atomic mass is 9.96. The molecule has 0 aliphatic carbocycles. The summed E-state index contributed by atoms with van der Waals surface area (Å²) in [6, 6.07) is 6.14. The zero-order valence-corrected chi connectivity index (χ0v) is 12.1. The van der Waals surface area contributed by atoms with E-state index in [-0.39, 0.29) is 17.9 Å². The molecule has 2 unspecified atom stereocenters. The van der Waals surface area contributed by atoms with Crippen LogP contribution in [0.2, 0.25) is 0 Å². The van der Waals surface area contributed by atoms with Crippen molar-refractivity contribution in [2.24, 2.45) is 0 Å². The van der Waals surface area contributed by atoms with Gasteiger partial charge in [-0.05, 0) is 44.9 Å². The molecule has 4 rings (SSSR count). The second-order valence-corrected chi connectivity index (χ2v) is 6.43. The van der Waals surface area contributed by atoms with E-state index in [0.29, 0.717) is 28.9 Å². The molecule has 21 heavy (non-hydrogen) atoms. The van der Waals surface area contributed by atoms with Gasteiger partial charge >= 0.3 is 0 Å². The number of piperidine rings is 1. The lowest BCUT2D eigenvalue weighted by molar-refractivity contribution is 0.0440. The number of hydrogen-bond donors (Lipinski definition) is 1.